The van der Waals surface area contributed by atoms with Crippen molar-refractivity contribution in [2.24, 2.45) is 5.92 Å². The molecule has 0 N–H and O–H groups in total. The molecular formula is C12H18N2O3. The zero-order valence-corrected chi connectivity index (χ0v) is 10.1. The summed E-state index contributed by atoms with van der Waals surface area (Å²) in [6, 6.07) is 0. The van der Waals surface area contributed by atoms with E-state index < -0.39 is 0 Å². The quantitative estimate of drug-likeness (QED) is 0.784. The Balaban J connectivity index is 1.89. The summed E-state index contributed by atoms with van der Waals surface area (Å²) in [7, 11) is 0. The van der Waals surface area contributed by atoms with Crippen LogP contribution >= 0.6 is 0 Å². The van der Waals surface area contributed by atoms with Crippen molar-refractivity contribution in [1.29, 1.82) is 0 Å². The molecule has 17 heavy (non-hydrogen) atoms. The average Bonchev–Trinajstić information content (AvgIpc) is 2.77. The summed E-state index contributed by atoms with van der Waals surface area (Å²) in [6.07, 6.45) is 4.37. The molecule has 1 aromatic rings. The van der Waals surface area contributed by atoms with Gasteiger partial charge in [-0.05, 0) is 19.8 Å². The Bertz CT molecular complexity index is 376. The topological polar surface area (TPSA) is 65.2 Å². The Morgan fingerprint density at radius 2 is 2.35 bits per heavy atom. The van der Waals surface area contributed by atoms with Gasteiger partial charge in [-0.15, -0.1) is 0 Å². The number of carbonyl (C=O) groups excluding carboxylic acids is 1. The summed E-state index contributed by atoms with van der Waals surface area (Å²) in [6.45, 7) is 2.92. The van der Waals surface area contributed by atoms with E-state index in [0.29, 0.717) is 43.6 Å². The summed E-state index contributed by atoms with van der Waals surface area (Å²) in [5.41, 5.74) is 0. The lowest BCUT2D eigenvalue weighted by Crippen LogP contribution is -2.21. The van der Waals surface area contributed by atoms with Gasteiger partial charge < -0.3 is 9.26 Å². The maximum absolute atomic E-state index is 11.7. The fourth-order valence-corrected chi connectivity index (χ4v) is 2.11. The van der Waals surface area contributed by atoms with Gasteiger partial charge >= 0.3 is 0 Å². The number of hydrogen-bond donors (Lipinski definition) is 0. The van der Waals surface area contributed by atoms with Crippen molar-refractivity contribution in [3.8, 4) is 0 Å². The van der Waals surface area contributed by atoms with Crippen molar-refractivity contribution in [3.63, 3.8) is 0 Å². The Morgan fingerprint density at radius 3 is 3.12 bits per heavy atom. The predicted octanol–water partition coefficient (Wildman–Crippen LogP) is 1.91. The number of hydrogen-bond acceptors (Lipinski definition) is 5. The number of Topliss-reactive ketones (excluding diaryl/α,β-unsaturated/α-hetero) is 1. The molecule has 5 heteroatoms. The minimum Gasteiger partial charge on any atom is -0.374 e. The van der Waals surface area contributed by atoms with Gasteiger partial charge in [-0.25, -0.2) is 0 Å². The third-order valence-electron chi connectivity index (χ3n) is 3.05. The number of nitrogens with zero attached hydrogens (tertiary/aromatic N) is 2. The van der Waals surface area contributed by atoms with Crippen LogP contribution < -0.4 is 0 Å². The zero-order valence-electron chi connectivity index (χ0n) is 10.1. The Hall–Kier alpha value is -1.23. The lowest BCUT2D eigenvalue weighted by Gasteiger charge is -2.18. The van der Waals surface area contributed by atoms with Crippen LogP contribution in [0.3, 0.4) is 0 Å². The fourth-order valence-electron chi connectivity index (χ4n) is 2.11. The lowest BCUT2D eigenvalue weighted by molar-refractivity contribution is -0.124. The molecule has 5 nitrogen and oxygen atoms in total. The first-order valence-electron chi connectivity index (χ1n) is 6.21. The second kappa shape index (κ2) is 5.91. The van der Waals surface area contributed by atoms with Gasteiger partial charge in [0.05, 0.1) is 0 Å². The number of ether oxygens (including phenoxy) is 1. The Labute approximate surface area is 101 Å². The minimum absolute atomic E-state index is 0.0733. The first-order valence-corrected chi connectivity index (χ1v) is 6.21. The lowest BCUT2D eigenvalue weighted by atomic mass is 9.86. The molecule has 1 fully saturated rings. The average molecular weight is 238 g/mol. The van der Waals surface area contributed by atoms with E-state index >= 15 is 0 Å². The van der Waals surface area contributed by atoms with Crippen LogP contribution in [0, 0.1) is 5.92 Å². The number of carbonyl (C=O) groups is 1. The molecule has 94 valence electrons. The number of ketones is 1. The van der Waals surface area contributed by atoms with Crippen molar-refractivity contribution in [3.05, 3.63) is 11.7 Å². The molecule has 1 unspecified atom stereocenters. The van der Waals surface area contributed by atoms with Gasteiger partial charge in [0.25, 0.3) is 0 Å². The molecule has 1 heterocycles. The van der Waals surface area contributed by atoms with Crippen molar-refractivity contribution in [2.75, 3.05) is 6.61 Å². The molecule has 1 atom stereocenters. The van der Waals surface area contributed by atoms with Crippen LogP contribution in [0.5, 0.6) is 0 Å². The summed E-state index contributed by atoms with van der Waals surface area (Å²) >= 11 is 0. The molecule has 0 spiro atoms. The summed E-state index contributed by atoms with van der Waals surface area (Å²) < 4.78 is 10.3. The molecule has 0 aliphatic heterocycles. The monoisotopic (exact) mass is 238 g/mol. The normalized spacial score (nSPS) is 20.8. The molecule has 1 aromatic heterocycles. The molecule has 0 amide bonds. The van der Waals surface area contributed by atoms with E-state index in [1.807, 2.05) is 6.92 Å². The van der Waals surface area contributed by atoms with Crippen LogP contribution in [0.15, 0.2) is 4.52 Å². The summed E-state index contributed by atoms with van der Waals surface area (Å²) in [5.74, 6) is 1.52. The summed E-state index contributed by atoms with van der Waals surface area (Å²) in [4.78, 5) is 15.9. The summed E-state index contributed by atoms with van der Waals surface area (Å²) in [5, 5.41) is 3.82. The minimum atomic E-state index is 0.0733. The third-order valence-corrected chi connectivity index (χ3v) is 3.05. The van der Waals surface area contributed by atoms with Gasteiger partial charge in [0.1, 0.15) is 12.4 Å². The van der Waals surface area contributed by atoms with Crippen molar-refractivity contribution < 1.29 is 14.1 Å². The van der Waals surface area contributed by atoms with Crippen LogP contribution in [0.1, 0.15) is 44.3 Å². The van der Waals surface area contributed by atoms with Gasteiger partial charge in [0.15, 0.2) is 5.82 Å². The van der Waals surface area contributed by atoms with Crippen LogP contribution in [-0.2, 0) is 22.6 Å². The van der Waals surface area contributed by atoms with Crippen LogP contribution in [-0.4, -0.2) is 22.5 Å². The van der Waals surface area contributed by atoms with E-state index in [-0.39, 0.29) is 5.92 Å². The largest absolute Gasteiger partial charge is 0.374 e. The van der Waals surface area contributed by atoms with E-state index in [4.69, 9.17) is 9.26 Å². The van der Waals surface area contributed by atoms with Crippen LogP contribution in [0.4, 0.5) is 0 Å². The second-order valence-corrected chi connectivity index (χ2v) is 4.35. The first-order chi connectivity index (χ1) is 8.29. The van der Waals surface area contributed by atoms with Gasteiger partial charge in [0, 0.05) is 25.4 Å². The maximum Gasteiger partial charge on any atom is 0.227 e. The SMILES string of the molecule is CCOCc1noc(CC2CCCCC2=O)n1. The molecule has 1 aliphatic carbocycles. The standard InChI is InChI=1S/C12H18N2O3/c1-2-16-8-11-13-12(17-14-11)7-9-5-3-4-6-10(9)15/h9H,2-8H2,1H3. The molecule has 0 radical (unpaired) electrons. The Kier molecular flexibility index (Phi) is 4.25. The van der Waals surface area contributed by atoms with Gasteiger partial charge in [0.2, 0.25) is 5.89 Å². The third kappa shape index (κ3) is 3.36. The highest BCUT2D eigenvalue weighted by Crippen LogP contribution is 2.23. The van der Waals surface area contributed by atoms with E-state index in [0.717, 1.165) is 19.3 Å². The fraction of sp³-hybridized carbons (Fsp3) is 0.750. The van der Waals surface area contributed by atoms with E-state index in [1.54, 1.807) is 0 Å². The predicted molar refractivity (Wildman–Crippen MR) is 60.3 cm³/mol. The molecule has 2 rings (SSSR count). The van der Waals surface area contributed by atoms with E-state index in [2.05, 4.69) is 10.1 Å². The zero-order chi connectivity index (χ0) is 12.1. The highest BCUT2D eigenvalue weighted by molar-refractivity contribution is 5.81. The molecular weight excluding hydrogens is 220 g/mol. The molecule has 0 bridgehead atoms. The number of aromatic nitrogens is 2. The van der Waals surface area contributed by atoms with Gasteiger partial charge in [-0.2, -0.15) is 4.98 Å². The van der Waals surface area contributed by atoms with E-state index in [9.17, 15) is 4.79 Å². The van der Waals surface area contributed by atoms with Gasteiger partial charge in [-0.1, -0.05) is 11.6 Å². The molecule has 1 saturated carbocycles. The highest BCUT2D eigenvalue weighted by Gasteiger charge is 2.24. The smallest absolute Gasteiger partial charge is 0.227 e. The first kappa shape index (κ1) is 12.2. The van der Waals surface area contributed by atoms with Crippen molar-refractivity contribution in [2.45, 2.75) is 45.6 Å². The Morgan fingerprint density at radius 1 is 1.47 bits per heavy atom. The van der Waals surface area contributed by atoms with Crippen LogP contribution in [0.25, 0.3) is 0 Å². The molecule has 1 aliphatic rings. The van der Waals surface area contributed by atoms with Gasteiger partial charge in [-0.3, -0.25) is 4.79 Å². The molecule has 0 saturated heterocycles. The maximum atomic E-state index is 11.7. The van der Waals surface area contributed by atoms with E-state index in [1.165, 1.54) is 0 Å². The highest BCUT2D eigenvalue weighted by atomic mass is 16.5. The molecule has 0 aromatic carbocycles. The number of rotatable bonds is 5. The van der Waals surface area contributed by atoms with Crippen LogP contribution in [0.2, 0.25) is 0 Å². The second-order valence-electron chi connectivity index (χ2n) is 4.35. The van der Waals surface area contributed by atoms with Crippen molar-refractivity contribution in [1.82, 2.24) is 10.1 Å². The van der Waals surface area contributed by atoms with Crippen molar-refractivity contribution >= 4 is 5.78 Å².